The molecule has 0 bridgehead atoms. The molecule has 7 nitrogen and oxygen atoms in total. The maximum atomic E-state index is 13.4. The third kappa shape index (κ3) is 5.31. The molecule has 2 aliphatic heterocycles. The van der Waals surface area contributed by atoms with E-state index in [9.17, 15) is 13.2 Å². The van der Waals surface area contributed by atoms with Gasteiger partial charge < -0.3 is 14.2 Å². The summed E-state index contributed by atoms with van der Waals surface area (Å²) >= 11 is 0. The normalized spacial score (nSPS) is 17.8. The van der Waals surface area contributed by atoms with E-state index in [-0.39, 0.29) is 11.3 Å². The fourth-order valence-corrected chi connectivity index (χ4v) is 6.98. The van der Waals surface area contributed by atoms with E-state index in [4.69, 9.17) is 4.74 Å². The van der Waals surface area contributed by atoms with Crippen molar-refractivity contribution >= 4 is 15.9 Å². The first-order chi connectivity index (χ1) is 17.9. The van der Waals surface area contributed by atoms with E-state index < -0.39 is 10.0 Å². The fraction of sp³-hybridized carbons (Fsp3) is 0.414. The van der Waals surface area contributed by atoms with Gasteiger partial charge in [0.1, 0.15) is 5.75 Å². The highest BCUT2D eigenvalue weighted by atomic mass is 32.2. The second kappa shape index (κ2) is 10.7. The summed E-state index contributed by atoms with van der Waals surface area (Å²) in [6.45, 7) is 5.03. The van der Waals surface area contributed by atoms with Crippen molar-refractivity contribution in [1.82, 2.24) is 13.8 Å². The number of ether oxygens (including phenoxy) is 1. The molecule has 196 valence electrons. The van der Waals surface area contributed by atoms with Crippen LogP contribution in [-0.2, 0) is 10.0 Å². The highest BCUT2D eigenvalue weighted by molar-refractivity contribution is 7.89. The number of aromatic nitrogens is 1. The van der Waals surface area contributed by atoms with Crippen LogP contribution in [0, 0.1) is 5.41 Å². The van der Waals surface area contributed by atoms with Gasteiger partial charge in [0.25, 0.3) is 5.91 Å². The van der Waals surface area contributed by atoms with Crippen LogP contribution in [0.5, 0.6) is 5.75 Å². The number of nitrogens with zero attached hydrogens (tertiary/aromatic N) is 3. The van der Waals surface area contributed by atoms with Crippen molar-refractivity contribution in [2.45, 2.75) is 43.9 Å². The van der Waals surface area contributed by atoms with Gasteiger partial charge in [-0.15, -0.1) is 0 Å². The van der Waals surface area contributed by atoms with E-state index in [0.29, 0.717) is 49.0 Å². The largest absolute Gasteiger partial charge is 0.494 e. The zero-order valence-corrected chi connectivity index (χ0v) is 22.2. The monoisotopic (exact) mass is 521 g/mol. The van der Waals surface area contributed by atoms with Crippen molar-refractivity contribution in [1.29, 1.82) is 0 Å². The molecule has 37 heavy (non-hydrogen) atoms. The average Bonchev–Trinajstić information content (AvgIpc) is 3.61. The van der Waals surface area contributed by atoms with Crippen molar-refractivity contribution < 1.29 is 17.9 Å². The summed E-state index contributed by atoms with van der Waals surface area (Å²) in [6.07, 6.45) is 8.35. The summed E-state index contributed by atoms with van der Waals surface area (Å²) in [6, 6.07) is 18.3. The van der Waals surface area contributed by atoms with E-state index >= 15 is 0 Å². The van der Waals surface area contributed by atoms with Gasteiger partial charge in [0.2, 0.25) is 10.0 Å². The lowest BCUT2D eigenvalue weighted by atomic mass is 9.78. The Morgan fingerprint density at radius 1 is 0.919 bits per heavy atom. The second-order valence-corrected chi connectivity index (χ2v) is 12.1. The van der Waals surface area contributed by atoms with Gasteiger partial charge in [0.05, 0.1) is 22.8 Å². The summed E-state index contributed by atoms with van der Waals surface area (Å²) in [5.74, 6) is 0.726. The van der Waals surface area contributed by atoms with Crippen molar-refractivity contribution in [2.75, 3.05) is 32.8 Å². The number of piperidine rings is 1. The first-order valence-electron chi connectivity index (χ1n) is 13.2. The third-order valence-electron chi connectivity index (χ3n) is 7.76. The van der Waals surface area contributed by atoms with Crippen LogP contribution in [0.4, 0.5) is 0 Å². The molecule has 0 unspecified atom stereocenters. The number of carbonyl (C=O) groups is 1. The Kier molecular flexibility index (Phi) is 7.40. The van der Waals surface area contributed by atoms with Gasteiger partial charge in [0, 0.05) is 38.6 Å². The maximum absolute atomic E-state index is 13.4. The van der Waals surface area contributed by atoms with Gasteiger partial charge in [-0.2, -0.15) is 4.31 Å². The quantitative estimate of drug-likeness (QED) is 0.392. The van der Waals surface area contributed by atoms with Gasteiger partial charge in [-0.1, -0.05) is 25.5 Å². The van der Waals surface area contributed by atoms with Gasteiger partial charge in [-0.25, -0.2) is 8.42 Å². The van der Waals surface area contributed by atoms with Gasteiger partial charge in [-0.3, -0.25) is 4.79 Å². The molecule has 1 spiro atoms. The first-order valence-corrected chi connectivity index (χ1v) is 14.6. The van der Waals surface area contributed by atoms with Gasteiger partial charge in [-0.05, 0) is 79.6 Å². The Morgan fingerprint density at radius 3 is 2.30 bits per heavy atom. The zero-order chi connectivity index (χ0) is 25.9. The summed E-state index contributed by atoms with van der Waals surface area (Å²) in [5.41, 5.74) is 1.48. The molecule has 2 aliphatic rings. The van der Waals surface area contributed by atoms with Gasteiger partial charge >= 0.3 is 0 Å². The minimum absolute atomic E-state index is 0.0304. The summed E-state index contributed by atoms with van der Waals surface area (Å²) in [5, 5.41) is 0. The molecule has 0 atom stereocenters. The highest BCUT2D eigenvalue weighted by Gasteiger charge is 2.45. The van der Waals surface area contributed by atoms with Crippen LogP contribution in [0.2, 0.25) is 0 Å². The number of unbranched alkanes of at least 4 members (excludes halogenated alkanes) is 1. The molecule has 1 amide bonds. The topological polar surface area (TPSA) is 71.9 Å². The Bertz CT molecular complexity index is 1310. The molecule has 3 heterocycles. The predicted octanol–water partition coefficient (Wildman–Crippen LogP) is 4.97. The summed E-state index contributed by atoms with van der Waals surface area (Å²) < 4.78 is 36.0. The number of amides is 1. The standard InChI is InChI=1S/C29H35N3O4S/c1-2-3-22-36-24-10-12-25(13-11-24)37(34,35)32-21-16-29(23-32)14-19-31(20-15-29)28(33)26-8-4-5-9-27(26)30-17-6-7-18-30/h4-13,17-18H,2-3,14-16,19-23H2,1H3. The van der Waals surface area contributed by atoms with Crippen LogP contribution in [0.1, 0.15) is 49.4 Å². The summed E-state index contributed by atoms with van der Waals surface area (Å²) in [4.78, 5) is 15.7. The van der Waals surface area contributed by atoms with Crippen molar-refractivity contribution in [3.63, 3.8) is 0 Å². The van der Waals surface area contributed by atoms with E-state index in [1.807, 2.05) is 58.3 Å². The minimum atomic E-state index is -3.57. The molecule has 2 saturated heterocycles. The molecule has 0 saturated carbocycles. The van der Waals surface area contributed by atoms with Crippen LogP contribution >= 0.6 is 0 Å². The molecule has 2 aromatic carbocycles. The number of sulfonamides is 1. The molecule has 0 radical (unpaired) electrons. The molecule has 5 rings (SSSR count). The lowest BCUT2D eigenvalue weighted by Gasteiger charge is -2.39. The number of rotatable bonds is 8. The van der Waals surface area contributed by atoms with Crippen LogP contribution in [0.25, 0.3) is 5.69 Å². The smallest absolute Gasteiger partial charge is 0.255 e. The number of likely N-dealkylation sites (tertiary alicyclic amines) is 1. The lowest BCUT2D eigenvalue weighted by molar-refractivity contribution is 0.0600. The number of carbonyl (C=O) groups excluding carboxylic acids is 1. The number of hydrogen-bond donors (Lipinski definition) is 0. The van der Waals surface area contributed by atoms with Gasteiger partial charge in [0.15, 0.2) is 0 Å². The SMILES string of the molecule is CCCCOc1ccc(S(=O)(=O)N2CCC3(CCN(C(=O)c4ccccc4-n4cccc4)CC3)C2)cc1. The molecular formula is C29H35N3O4S. The predicted molar refractivity (Wildman–Crippen MR) is 144 cm³/mol. The van der Waals surface area contributed by atoms with Crippen LogP contribution < -0.4 is 4.74 Å². The van der Waals surface area contributed by atoms with Crippen LogP contribution in [0.15, 0.2) is 78.0 Å². The van der Waals surface area contributed by atoms with Crippen molar-refractivity contribution in [3.8, 4) is 11.4 Å². The number of para-hydroxylation sites is 1. The molecule has 1 aromatic heterocycles. The molecule has 0 aliphatic carbocycles. The van der Waals surface area contributed by atoms with Crippen molar-refractivity contribution in [3.05, 3.63) is 78.6 Å². The van der Waals surface area contributed by atoms with E-state index in [1.165, 1.54) is 0 Å². The van der Waals surface area contributed by atoms with E-state index in [0.717, 1.165) is 37.8 Å². The number of hydrogen-bond acceptors (Lipinski definition) is 4. The van der Waals surface area contributed by atoms with E-state index in [1.54, 1.807) is 28.6 Å². The second-order valence-electron chi connectivity index (χ2n) is 10.2. The lowest BCUT2D eigenvalue weighted by Crippen LogP contribution is -2.44. The zero-order valence-electron chi connectivity index (χ0n) is 21.4. The summed E-state index contributed by atoms with van der Waals surface area (Å²) in [7, 11) is -3.57. The molecule has 2 fully saturated rings. The Balaban J connectivity index is 1.22. The Morgan fingerprint density at radius 2 is 1.59 bits per heavy atom. The first kappa shape index (κ1) is 25.5. The van der Waals surface area contributed by atoms with E-state index in [2.05, 4.69) is 6.92 Å². The van der Waals surface area contributed by atoms with Crippen LogP contribution in [0.3, 0.4) is 0 Å². The minimum Gasteiger partial charge on any atom is -0.494 e. The molecular weight excluding hydrogens is 486 g/mol. The fourth-order valence-electron chi connectivity index (χ4n) is 5.43. The Labute approximate surface area is 219 Å². The average molecular weight is 522 g/mol. The third-order valence-corrected chi connectivity index (χ3v) is 9.62. The van der Waals surface area contributed by atoms with Crippen molar-refractivity contribution in [2.24, 2.45) is 5.41 Å². The number of benzene rings is 2. The maximum Gasteiger partial charge on any atom is 0.255 e. The molecule has 3 aromatic rings. The Hall–Kier alpha value is -3.10. The molecule has 8 heteroatoms. The molecule has 0 N–H and O–H groups in total. The highest BCUT2D eigenvalue weighted by Crippen LogP contribution is 2.42. The van der Waals surface area contributed by atoms with Crippen LogP contribution in [-0.4, -0.2) is 60.9 Å².